The van der Waals surface area contributed by atoms with Gasteiger partial charge in [-0.2, -0.15) is 0 Å². The van der Waals surface area contributed by atoms with Crippen LogP contribution >= 0.6 is 0 Å². The second-order valence-electron chi connectivity index (χ2n) is 4.79. The summed E-state index contributed by atoms with van der Waals surface area (Å²) in [5.41, 5.74) is -0.784. The number of aromatic carboxylic acids is 1. The lowest BCUT2D eigenvalue weighted by Crippen LogP contribution is -2.37. The first-order valence-corrected chi connectivity index (χ1v) is 5.66. The van der Waals surface area contributed by atoms with Gasteiger partial charge in [-0.3, -0.25) is 0 Å². The van der Waals surface area contributed by atoms with Gasteiger partial charge in [0.05, 0.1) is 24.4 Å². The summed E-state index contributed by atoms with van der Waals surface area (Å²) < 4.78 is 6.33. The van der Waals surface area contributed by atoms with Crippen LogP contribution in [0.2, 0.25) is 0 Å². The maximum Gasteiger partial charge on any atom is 0.358 e. The zero-order valence-electron chi connectivity index (χ0n) is 11.0. The molecule has 0 aliphatic heterocycles. The first kappa shape index (κ1) is 14.6. The number of aliphatic hydroxyl groups is 1. The van der Waals surface area contributed by atoms with Gasteiger partial charge in [-0.05, 0) is 12.8 Å². The van der Waals surface area contributed by atoms with E-state index in [0.29, 0.717) is 5.69 Å². The molecule has 0 saturated heterocycles. The zero-order valence-corrected chi connectivity index (χ0v) is 11.0. The lowest BCUT2D eigenvalue weighted by atomic mass is 9.92. The molecule has 1 atom stereocenters. The fourth-order valence-corrected chi connectivity index (χ4v) is 1.39. The van der Waals surface area contributed by atoms with E-state index in [9.17, 15) is 9.90 Å². The molecule has 0 aromatic carbocycles. The van der Waals surface area contributed by atoms with Crippen LogP contribution < -0.4 is 0 Å². The third-order valence-corrected chi connectivity index (χ3v) is 3.03. The predicted molar refractivity (Wildman–Crippen MR) is 63.2 cm³/mol. The number of nitrogens with zero attached hydrogens (tertiary/aromatic N) is 3. The molecule has 102 valence electrons. The van der Waals surface area contributed by atoms with E-state index in [4.69, 9.17) is 9.84 Å². The molecule has 1 unspecified atom stereocenters. The molecule has 7 heteroatoms. The Morgan fingerprint density at radius 1 is 1.56 bits per heavy atom. The SMILES string of the molecule is COCc1c(C(=O)O)nnn1CC(C)(O)C(C)C. The van der Waals surface area contributed by atoms with Crippen LogP contribution in [0, 0.1) is 5.92 Å². The van der Waals surface area contributed by atoms with E-state index in [1.165, 1.54) is 11.8 Å². The van der Waals surface area contributed by atoms with Gasteiger partial charge >= 0.3 is 5.97 Å². The fraction of sp³-hybridized carbons (Fsp3) is 0.727. The maximum absolute atomic E-state index is 11.0. The minimum atomic E-state index is -1.16. The summed E-state index contributed by atoms with van der Waals surface area (Å²) in [7, 11) is 1.46. The topological polar surface area (TPSA) is 97.5 Å². The van der Waals surface area contributed by atoms with E-state index in [1.807, 2.05) is 13.8 Å². The Morgan fingerprint density at radius 2 is 2.17 bits per heavy atom. The number of carbonyl (C=O) groups is 1. The largest absolute Gasteiger partial charge is 0.476 e. The highest BCUT2D eigenvalue weighted by Gasteiger charge is 2.29. The van der Waals surface area contributed by atoms with Crippen molar-refractivity contribution in [2.45, 2.75) is 39.5 Å². The number of carboxylic acid groups (broad SMARTS) is 1. The molecule has 2 N–H and O–H groups in total. The van der Waals surface area contributed by atoms with Crippen LogP contribution in [-0.4, -0.2) is 43.9 Å². The van der Waals surface area contributed by atoms with Crippen molar-refractivity contribution in [2.75, 3.05) is 7.11 Å². The molecule has 1 aromatic rings. The summed E-state index contributed by atoms with van der Waals surface area (Å²) in [4.78, 5) is 11.0. The number of aromatic nitrogens is 3. The number of hydrogen-bond acceptors (Lipinski definition) is 5. The standard InChI is InChI=1S/C11H19N3O4/c1-7(2)11(3,17)6-14-8(5-18-4)9(10(15)16)12-13-14/h7,17H,5-6H2,1-4H3,(H,15,16). The Bertz CT molecular complexity index is 426. The molecule has 1 aromatic heterocycles. The van der Waals surface area contributed by atoms with E-state index in [1.54, 1.807) is 6.92 Å². The highest BCUT2D eigenvalue weighted by atomic mass is 16.5. The van der Waals surface area contributed by atoms with Gasteiger partial charge in [-0.15, -0.1) is 5.10 Å². The van der Waals surface area contributed by atoms with Crippen LogP contribution in [0.5, 0.6) is 0 Å². The van der Waals surface area contributed by atoms with Gasteiger partial charge in [-0.1, -0.05) is 19.1 Å². The molecule has 0 spiro atoms. The van der Waals surface area contributed by atoms with Crippen molar-refractivity contribution in [1.82, 2.24) is 15.0 Å². The lowest BCUT2D eigenvalue weighted by molar-refractivity contribution is -0.00793. The van der Waals surface area contributed by atoms with Crippen LogP contribution in [0.25, 0.3) is 0 Å². The van der Waals surface area contributed by atoms with E-state index < -0.39 is 11.6 Å². The van der Waals surface area contributed by atoms with Gasteiger partial charge < -0.3 is 14.9 Å². The Hall–Kier alpha value is -1.47. The normalized spacial score (nSPS) is 14.8. The molecule has 1 rings (SSSR count). The van der Waals surface area contributed by atoms with Gasteiger partial charge in [0.1, 0.15) is 0 Å². The molecule has 7 nitrogen and oxygen atoms in total. The van der Waals surface area contributed by atoms with Gasteiger partial charge in [0.25, 0.3) is 0 Å². The third kappa shape index (κ3) is 3.05. The summed E-state index contributed by atoms with van der Waals surface area (Å²) in [6.45, 7) is 5.69. The average molecular weight is 257 g/mol. The van der Waals surface area contributed by atoms with E-state index in [2.05, 4.69) is 10.3 Å². The second kappa shape index (κ2) is 5.45. The van der Waals surface area contributed by atoms with Gasteiger partial charge in [0.15, 0.2) is 5.69 Å². The summed E-state index contributed by atoms with van der Waals surface area (Å²) in [6.07, 6.45) is 0. The van der Waals surface area contributed by atoms with Crippen molar-refractivity contribution < 1.29 is 19.7 Å². The first-order valence-electron chi connectivity index (χ1n) is 5.66. The molecule has 0 amide bonds. The number of hydrogen-bond donors (Lipinski definition) is 2. The maximum atomic E-state index is 11.0. The number of methoxy groups -OCH3 is 1. The second-order valence-corrected chi connectivity index (χ2v) is 4.79. The van der Waals surface area contributed by atoms with Crippen LogP contribution in [0.4, 0.5) is 0 Å². The summed E-state index contributed by atoms with van der Waals surface area (Å²) in [5, 5.41) is 26.6. The monoisotopic (exact) mass is 257 g/mol. The molecule has 0 bridgehead atoms. The van der Waals surface area contributed by atoms with E-state index in [-0.39, 0.29) is 24.8 Å². The number of carboxylic acids is 1. The van der Waals surface area contributed by atoms with Crippen LogP contribution in [0.3, 0.4) is 0 Å². The Kier molecular flexibility index (Phi) is 4.42. The van der Waals surface area contributed by atoms with E-state index >= 15 is 0 Å². The van der Waals surface area contributed by atoms with Crippen molar-refractivity contribution >= 4 is 5.97 Å². The average Bonchev–Trinajstić information content (AvgIpc) is 2.61. The molecule has 0 fully saturated rings. The molecule has 0 aliphatic carbocycles. The molecular weight excluding hydrogens is 238 g/mol. The van der Waals surface area contributed by atoms with Crippen molar-refractivity contribution in [3.05, 3.63) is 11.4 Å². The van der Waals surface area contributed by atoms with Gasteiger partial charge in [-0.25, -0.2) is 9.48 Å². The summed E-state index contributed by atoms with van der Waals surface area (Å²) in [6, 6.07) is 0. The Balaban J connectivity index is 3.06. The number of ether oxygens (including phenoxy) is 1. The molecule has 0 aliphatic rings. The summed E-state index contributed by atoms with van der Waals surface area (Å²) in [5.74, 6) is -1.15. The van der Waals surface area contributed by atoms with Crippen molar-refractivity contribution in [3.8, 4) is 0 Å². The molecule has 18 heavy (non-hydrogen) atoms. The Morgan fingerprint density at radius 3 is 2.61 bits per heavy atom. The molecule has 1 heterocycles. The predicted octanol–water partition coefficient (Wildman–Crippen LogP) is 0.530. The van der Waals surface area contributed by atoms with E-state index in [0.717, 1.165) is 0 Å². The van der Waals surface area contributed by atoms with Crippen LogP contribution in [-0.2, 0) is 17.9 Å². The highest BCUT2D eigenvalue weighted by Crippen LogP contribution is 2.20. The smallest absolute Gasteiger partial charge is 0.358 e. The third-order valence-electron chi connectivity index (χ3n) is 3.03. The van der Waals surface area contributed by atoms with Crippen LogP contribution in [0.1, 0.15) is 37.0 Å². The quantitative estimate of drug-likeness (QED) is 0.771. The minimum absolute atomic E-state index is 0.00497. The zero-order chi connectivity index (χ0) is 13.9. The summed E-state index contributed by atoms with van der Waals surface area (Å²) >= 11 is 0. The highest BCUT2D eigenvalue weighted by molar-refractivity contribution is 5.86. The van der Waals surface area contributed by atoms with Crippen molar-refractivity contribution in [1.29, 1.82) is 0 Å². The lowest BCUT2D eigenvalue weighted by Gasteiger charge is -2.27. The van der Waals surface area contributed by atoms with Gasteiger partial charge in [0.2, 0.25) is 0 Å². The molecular formula is C11H19N3O4. The van der Waals surface area contributed by atoms with Crippen LogP contribution in [0.15, 0.2) is 0 Å². The van der Waals surface area contributed by atoms with Crippen molar-refractivity contribution in [2.24, 2.45) is 5.92 Å². The van der Waals surface area contributed by atoms with Gasteiger partial charge in [0, 0.05) is 7.11 Å². The Labute approximate surface area is 105 Å². The first-order chi connectivity index (χ1) is 8.29. The van der Waals surface area contributed by atoms with Crippen molar-refractivity contribution in [3.63, 3.8) is 0 Å². The fourth-order valence-electron chi connectivity index (χ4n) is 1.39. The minimum Gasteiger partial charge on any atom is -0.476 e. The molecule has 0 radical (unpaired) electrons. The number of rotatable bonds is 6. The molecule has 0 saturated carbocycles.